The standard InChI is InChI=1S/C17H25NO2/c1-12(17-4-3-9-20-17)18-15-7-5-13-6-8-16(19-2)11-14(13)10-15/h6,8,11-12,15,17-18H,3-5,7,9-10H2,1-2H3. The third-order valence-corrected chi connectivity index (χ3v) is 4.66. The number of hydrogen-bond donors (Lipinski definition) is 1. The van der Waals surface area contributed by atoms with Gasteiger partial charge in [0.1, 0.15) is 5.75 Å². The van der Waals surface area contributed by atoms with Crippen molar-refractivity contribution in [2.45, 2.75) is 57.2 Å². The molecule has 110 valence electrons. The lowest BCUT2D eigenvalue weighted by atomic mass is 9.87. The molecule has 1 saturated heterocycles. The van der Waals surface area contributed by atoms with E-state index >= 15 is 0 Å². The number of ether oxygens (including phenoxy) is 2. The van der Waals surface area contributed by atoms with Gasteiger partial charge >= 0.3 is 0 Å². The van der Waals surface area contributed by atoms with E-state index in [1.165, 1.54) is 30.4 Å². The van der Waals surface area contributed by atoms with Gasteiger partial charge in [0.25, 0.3) is 0 Å². The van der Waals surface area contributed by atoms with E-state index in [9.17, 15) is 0 Å². The minimum Gasteiger partial charge on any atom is -0.497 e. The first-order valence-electron chi connectivity index (χ1n) is 7.79. The fourth-order valence-corrected chi connectivity index (χ4v) is 3.48. The summed E-state index contributed by atoms with van der Waals surface area (Å²) in [7, 11) is 1.74. The molecule has 3 heteroatoms. The monoisotopic (exact) mass is 275 g/mol. The van der Waals surface area contributed by atoms with Crippen molar-refractivity contribution < 1.29 is 9.47 Å². The van der Waals surface area contributed by atoms with Crippen molar-refractivity contribution in [3.05, 3.63) is 29.3 Å². The molecule has 1 aliphatic carbocycles. The third-order valence-electron chi connectivity index (χ3n) is 4.66. The van der Waals surface area contributed by atoms with Gasteiger partial charge < -0.3 is 14.8 Å². The molecule has 3 nitrogen and oxygen atoms in total. The minimum atomic E-state index is 0.404. The second-order valence-corrected chi connectivity index (χ2v) is 6.08. The van der Waals surface area contributed by atoms with Gasteiger partial charge in [-0.05, 0) is 62.3 Å². The molecule has 1 aliphatic heterocycles. The lowest BCUT2D eigenvalue weighted by Crippen LogP contribution is -2.45. The number of nitrogens with one attached hydrogen (secondary N) is 1. The van der Waals surface area contributed by atoms with Crippen LogP contribution in [-0.2, 0) is 17.6 Å². The van der Waals surface area contributed by atoms with Crippen molar-refractivity contribution in [3.8, 4) is 5.75 Å². The first kappa shape index (κ1) is 13.9. The topological polar surface area (TPSA) is 30.5 Å². The van der Waals surface area contributed by atoms with Crippen LogP contribution in [0.1, 0.15) is 37.3 Å². The number of benzene rings is 1. The van der Waals surface area contributed by atoms with Gasteiger partial charge in [0.05, 0.1) is 13.2 Å². The lowest BCUT2D eigenvalue weighted by molar-refractivity contribution is 0.0789. The molecule has 0 radical (unpaired) electrons. The molecule has 1 heterocycles. The maximum Gasteiger partial charge on any atom is 0.119 e. The molecule has 1 aromatic rings. The molecule has 3 atom stereocenters. The van der Waals surface area contributed by atoms with Crippen LogP contribution in [0.2, 0.25) is 0 Å². The highest BCUT2D eigenvalue weighted by Crippen LogP contribution is 2.26. The molecule has 3 rings (SSSR count). The Bertz CT molecular complexity index is 454. The van der Waals surface area contributed by atoms with E-state index in [1.54, 1.807) is 7.11 Å². The van der Waals surface area contributed by atoms with Crippen LogP contribution in [0.25, 0.3) is 0 Å². The van der Waals surface area contributed by atoms with Gasteiger partial charge in [-0.15, -0.1) is 0 Å². The molecular formula is C17H25NO2. The summed E-state index contributed by atoms with van der Waals surface area (Å²) in [5.74, 6) is 0.969. The average molecular weight is 275 g/mol. The number of aryl methyl sites for hydroxylation is 1. The SMILES string of the molecule is COc1ccc2c(c1)CC(NC(C)C1CCCO1)CC2. The second-order valence-electron chi connectivity index (χ2n) is 6.08. The predicted molar refractivity (Wildman–Crippen MR) is 80.4 cm³/mol. The molecule has 0 aromatic heterocycles. The number of methoxy groups -OCH3 is 1. The van der Waals surface area contributed by atoms with E-state index in [-0.39, 0.29) is 0 Å². The molecule has 0 amide bonds. The molecule has 1 N–H and O–H groups in total. The second kappa shape index (κ2) is 6.15. The van der Waals surface area contributed by atoms with Crippen LogP contribution < -0.4 is 10.1 Å². The number of rotatable bonds is 4. The third kappa shape index (κ3) is 2.99. The van der Waals surface area contributed by atoms with Gasteiger partial charge in [0, 0.05) is 18.7 Å². The van der Waals surface area contributed by atoms with Crippen LogP contribution in [0.3, 0.4) is 0 Å². The molecule has 1 fully saturated rings. The molecule has 3 unspecified atom stereocenters. The van der Waals surface area contributed by atoms with Crippen molar-refractivity contribution in [3.63, 3.8) is 0 Å². The van der Waals surface area contributed by atoms with E-state index in [2.05, 4.69) is 30.4 Å². The highest BCUT2D eigenvalue weighted by atomic mass is 16.5. The van der Waals surface area contributed by atoms with Crippen LogP contribution in [0, 0.1) is 0 Å². The summed E-state index contributed by atoms with van der Waals surface area (Å²) in [6, 6.07) is 7.50. The molecule has 20 heavy (non-hydrogen) atoms. The highest BCUT2D eigenvalue weighted by molar-refractivity contribution is 5.37. The molecule has 1 aromatic carbocycles. The molecular weight excluding hydrogens is 250 g/mol. The Hall–Kier alpha value is -1.06. The van der Waals surface area contributed by atoms with Crippen molar-refractivity contribution in [1.29, 1.82) is 0 Å². The van der Waals surface area contributed by atoms with Gasteiger partial charge in [-0.2, -0.15) is 0 Å². The van der Waals surface area contributed by atoms with Crippen LogP contribution in [0.4, 0.5) is 0 Å². The molecule has 0 bridgehead atoms. The van der Waals surface area contributed by atoms with Crippen LogP contribution in [0.5, 0.6) is 5.75 Å². The zero-order valence-corrected chi connectivity index (χ0v) is 12.5. The van der Waals surface area contributed by atoms with Crippen molar-refractivity contribution in [2.24, 2.45) is 0 Å². The Morgan fingerprint density at radius 3 is 2.95 bits per heavy atom. The average Bonchev–Trinajstić information content (AvgIpc) is 3.00. The van der Waals surface area contributed by atoms with E-state index in [1.807, 2.05) is 0 Å². The van der Waals surface area contributed by atoms with Crippen LogP contribution >= 0.6 is 0 Å². The largest absolute Gasteiger partial charge is 0.497 e. The van der Waals surface area contributed by atoms with Crippen molar-refractivity contribution in [2.75, 3.05) is 13.7 Å². The van der Waals surface area contributed by atoms with Gasteiger partial charge in [0.2, 0.25) is 0 Å². The number of hydrogen-bond acceptors (Lipinski definition) is 3. The Morgan fingerprint density at radius 2 is 2.20 bits per heavy atom. The Morgan fingerprint density at radius 1 is 1.30 bits per heavy atom. The van der Waals surface area contributed by atoms with Crippen LogP contribution in [0.15, 0.2) is 18.2 Å². The lowest BCUT2D eigenvalue weighted by Gasteiger charge is -2.30. The Balaban J connectivity index is 1.62. The first-order chi connectivity index (χ1) is 9.76. The van der Waals surface area contributed by atoms with E-state index in [0.717, 1.165) is 25.2 Å². The maximum atomic E-state index is 5.78. The first-order valence-corrected chi connectivity index (χ1v) is 7.79. The summed E-state index contributed by atoms with van der Waals surface area (Å²) in [6.07, 6.45) is 6.30. The van der Waals surface area contributed by atoms with E-state index in [0.29, 0.717) is 18.2 Å². The quantitative estimate of drug-likeness (QED) is 0.916. The number of fused-ring (bicyclic) bond motifs is 1. The summed E-state index contributed by atoms with van der Waals surface area (Å²) in [6.45, 7) is 3.19. The summed E-state index contributed by atoms with van der Waals surface area (Å²) in [4.78, 5) is 0. The Kier molecular flexibility index (Phi) is 4.27. The van der Waals surface area contributed by atoms with Crippen molar-refractivity contribution in [1.82, 2.24) is 5.32 Å². The van der Waals surface area contributed by atoms with Gasteiger partial charge in [0.15, 0.2) is 0 Å². The zero-order valence-electron chi connectivity index (χ0n) is 12.5. The van der Waals surface area contributed by atoms with E-state index in [4.69, 9.17) is 9.47 Å². The molecule has 0 spiro atoms. The van der Waals surface area contributed by atoms with Crippen LogP contribution in [-0.4, -0.2) is 31.9 Å². The smallest absolute Gasteiger partial charge is 0.119 e. The minimum absolute atomic E-state index is 0.404. The predicted octanol–water partition coefficient (Wildman–Crippen LogP) is 2.71. The van der Waals surface area contributed by atoms with Gasteiger partial charge in [-0.1, -0.05) is 6.07 Å². The highest BCUT2D eigenvalue weighted by Gasteiger charge is 2.26. The Labute approximate surface area is 121 Å². The normalized spacial score (nSPS) is 27.1. The van der Waals surface area contributed by atoms with Crippen molar-refractivity contribution >= 4 is 0 Å². The molecule has 0 saturated carbocycles. The maximum absolute atomic E-state index is 5.78. The van der Waals surface area contributed by atoms with Gasteiger partial charge in [-0.3, -0.25) is 0 Å². The van der Waals surface area contributed by atoms with Gasteiger partial charge in [-0.25, -0.2) is 0 Å². The zero-order chi connectivity index (χ0) is 13.9. The summed E-state index contributed by atoms with van der Waals surface area (Å²) in [5, 5.41) is 3.77. The van der Waals surface area contributed by atoms with E-state index < -0.39 is 0 Å². The fourth-order valence-electron chi connectivity index (χ4n) is 3.48. The summed E-state index contributed by atoms with van der Waals surface area (Å²) in [5.41, 5.74) is 2.92. The summed E-state index contributed by atoms with van der Waals surface area (Å²) >= 11 is 0. The summed E-state index contributed by atoms with van der Waals surface area (Å²) < 4.78 is 11.1. The molecule has 2 aliphatic rings. The fraction of sp³-hybridized carbons (Fsp3) is 0.647.